The average Bonchev–Trinajstić information content (AvgIpc) is 2.89. The maximum atomic E-state index is 14.0. The fraction of sp³-hybridized carbons (Fsp3) is 0.531. The summed E-state index contributed by atoms with van der Waals surface area (Å²) >= 11 is 12.4. The Hall–Kier alpha value is -2.61. The van der Waals surface area contributed by atoms with Gasteiger partial charge in [-0.3, -0.25) is 14.4 Å². The molecule has 222 valence electrons. The zero-order valence-electron chi connectivity index (χ0n) is 24.5. The van der Waals surface area contributed by atoms with E-state index in [4.69, 9.17) is 32.7 Å². The molecule has 0 N–H and O–H groups in total. The third-order valence-corrected chi connectivity index (χ3v) is 9.10. The van der Waals surface area contributed by atoms with Gasteiger partial charge in [-0.05, 0) is 67.7 Å². The lowest BCUT2D eigenvalue weighted by molar-refractivity contribution is -0.161. The van der Waals surface area contributed by atoms with Gasteiger partial charge in [0, 0.05) is 50.7 Å². The predicted octanol–water partition coefficient (Wildman–Crippen LogP) is 5.93. The normalized spacial score (nSPS) is 24.4. The summed E-state index contributed by atoms with van der Waals surface area (Å²) in [5.74, 6) is 0.0270. The number of hydrogen-bond donors (Lipinski definition) is 0. The zero-order chi connectivity index (χ0) is 29.9. The van der Waals surface area contributed by atoms with Gasteiger partial charge >= 0.3 is 11.9 Å². The first kappa shape index (κ1) is 31.3. The van der Waals surface area contributed by atoms with Crippen LogP contribution in [0.2, 0.25) is 10.0 Å². The number of benzene rings is 2. The van der Waals surface area contributed by atoms with Crippen molar-refractivity contribution in [2.24, 2.45) is 11.8 Å². The summed E-state index contributed by atoms with van der Waals surface area (Å²) in [6.45, 7) is 9.22. The van der Waals surface area contributed by atoms with E-state index in [1.54, 1.807) is 18.2 Å². The van der Waals surface area contributed by atoms with E-state index in [0.29, 0.717) is 35.2 Å². The van der Waals surface area contributed by atoms with Gasteiger partial charge in [-0.1, -0.05) is 55.2 Å². The highest BCUT2D eigenvalue weighted by molar-refractivity contribution is 6.42. The number of rotatable bonds is 8. The molecule has 1 heterocycles. The van der Waals surface area contributed by atoms with Gasteiger partial charge < -0.3 is 19.3 Å². The van der Waals surface area contributed by atoms with E-state index in [9.17, 15) is 14.4 Å². The highest BCUT2D eigenvalue weighted by Gasteiger charge is 2.54. The summed E-state index contributed by atoms with van der Waals surface area (Å²) in [6, 6.07) is 12.8. The number of esters is 2. The van der Waals surface area contributed by atoms with Crippen LogP contribution in [0.5, 0.6) is 5.75 Å². The second-order valence-corrected chi connectivity index (χ2v) is 12.8. The molecular formula is C32H40Cl2N2O5. The summed E-state index contributed by atoms with van der Waals surface area (Å²) in [5, 5.41) is 0.866. The fourth-order valence-corrected chi connectivity index (χ4v) is 7.03. The van der Waals surface area contributed by atoms with Crippen LogP contribution in [0.25, 0.3) is 0 Å². The first-order valence-corrected chi connectivity index (χ1v) is 15.0. The minimum atomic E-state index is -0.384. The van der Waals surface area contributed by atoms with E-state index >= 15 is 0 Å². The Labute approximate surface area is 253 Å². The number of nitrogens with zero attached hydrogens (tertiary/aromatic N) is 2. The third-order valence-electron chi connectivity index (χ3n) is 8.36. The SMILES string of the molecule is CC(=O)Oc1cccc([C@@]23CCN(C)C[C@H]2C(OC(C)=O)C[C@@H](N(CC(C)C)C(=O)Cc2ccc(Cl)c(Cl)c2)C3)c1. The lowest BCUT2D eigenvalue weighted by atomic mass is 9.56. The molecule has 2 aliphatic rings. The highest BCUT2D eigenvalue weighted by Crippen LogP contribution is 2.51. The number of ether oxygens (including phenoxy) is 2. The Morgan fingerprint density at radius 2 is 1.83 bits per heavy atom. The summed E-state index contributed by atoms with van der Waals surface area (Å²) in [5.41, 5.74) is 1.45. The van der Waals surface area contributed by atoms with Crippen molar-refractivity contribution in [3.05, 3.63) is 63.6 Å². The molecule has 1 aliphatic heterocycles. The minimum absolute atomic E-state index is 0.00106. The summed E-state index contributed by atoms with van der Waals surface area (Å²) in [4.78, 5) is 42.4. The number of amides is 1. The molecule has 2 aromatic carbocycles. The van der Waals surface area contributed by atoms with Crippen molar-refractivity contribution >= 4 is 41.0 Å². The van der Waals surface area contributed by atoms with Crippen LogP contribution in [-0.4, -0.2) is 66.5 Å². The Morgan fingerprint density at radius 3 is 2.49 bits per heavy atom. The van der Waals surface area contributed by atoms with E-state index in [2.05, 4.69) is 31.9 Å². The van der Waals surface area contributed by atoms with Crippen LogP contribution >= 0.6 is 23.2 Å². The molecule has 1 aliphatic carbocycles. The number of fused-ring (bicyclic) bond motifs is 1. The van der Waals surface area contributed by atoms with Gasteiger partial charge in [0.15, 0.2) is 0 Å². The molecule has 0 spiro atoms. The van der Waals surface area contributed by atoms with Crippen LogP contribution in [0.1, 0.15) is 58.1 Å². The number of hydrogen-bond acceptors (Lipinski definition) is 6. The molecule has 9 heteroatoms. The molecule has 0 bridgehead atoms. The zero-order valence-corrected chi connectivity index (χ0v) is 26.0. The molecule has 1 saturated heterocycles. The van der Waals surface area contributed by atoms with Crippen LogP contribution < -0.4 is 4.74 Å². The molecular weight excluding hydrogens is 563 g/mol. The first-order chi connectivity index (χ1) is 19.4. The van der Waals surface area contributed by atoms with E-state index in [1.165, 1.54) is 13.8 Å². The lowest BCUT2D eigenvalue weighted by Gasteiger charge is -2.56. The van der Waals surface area contributed by atoms with Gasteiger partial charge in [0.25, 0.3) is 0 Å². The number of piperidine rings is 1. The van der Waals surface area contributed by atoms with E-state index in [0.717, 1.165) is 30.6 Å². The van der Waals surface area contributed by atoms with Crippen molar-refractivity contribution in [1.29, 1.82) is 0 Å². The average molecular weight is 604 g/mol. The van der Waals surface area contributed by atoms with Crippen LogP contribution in [0.15, 0.2) is 42.5 Å². The van der Waals surface area contributed by atoms with E-state index in [1.807, 2.05) is 23.1 Å². The second kappa shape index (κ2) is 13.1. The standard InChI is InChI=1S/C32H40Cl2N2O5/c1-20(2)18-36(31(39)14-23-9-10-28(33)29(34)13-23)25-16-30(41-22(4)38)27-19-35(5)12-11-32(27,17-25)24-7-6-8-26(15-24)40-21(3)37/h6-10,13,15,20,25,27,30H,11-12,14,16-19H2,1-5H3/t25-,27+,30?,32+/m1/s1. The molecule has 1 unspecified atom stereocenters. The van der Waals surface area contributed by atoms with Crippen LogP contribution in [0.4, 0.5) is 0 Å². The monoisotopic (exact) mass is 602 g/mol. The number of likely N-dealkylation sites (tertiary alicyclic amines) is 1. The van der Waals surface area contributed by atoms with Gasteiger partial charge in [-0.2, -0.15) is 0 Å². The van der Waals surface area contributed by atoms with Gasteiger partial charge in [0.1, 0.15) is 11.9 Å². The van der Waals surface area contributed by atoms with E-state index < -0.39 is 0 Å². The molecule has 41 heavy (non-hydrogen) atoms. The van der Waals surface area contributed by atoms with Gasteiger partial charge in [0.05, 0.1) is 16.5 Å². The predicted molar refractivity (Wildman–Crippen MR) is 160 cm³/mol. The van der Waals surface area contributed by atoms with Crippen molar-refractivity contribution < 1.29 is 23.9 Å². The summed E-state index contributed by atoms with van der Waals surface area (Å²) in [6.07, 6.45) is 1.91. The lowest BCUT2D eigenvalue weighted by Crippen LogP contribution is -2.62. The first-order valence-electron chi connectivity index (χ1n) is 14.3. The molecule has 0 aromatic heterocycles. The van der Waals surface area contributed by atoms with Crippen molar-refractivity contribution in [2.45, 2.75) is 70.9 Å². The summed E-state index contributed by atoms with van der Waals surface area (Å²) in [7, 11) is 2.09. The van der Waals surface area contributed by atoms with Crippen molar-refractivity contribution in [1.82, 2.24) is 9.80 Å². The molecule has 2 aromatic rings. The highest BCUT2D eigenvalue weighted by atomic mass is 35.5. The minimum Gasteiger partial charge on any atom is -0.462 e. The molecule has 4 atom stereocenters. The van der Waals surface area contributed by atoms with Crippen molar-refractivity contribution in [3.63, 3.8) is 0 Å². The third kappa shape index (κ3) is 7.43. The van der Waals surface area contributed by atoms with Crippen LogP contribution in [0, 0.1) is 11.8 Å². The molecule has 0 radical (unpaired) electrons. The fourth-order valence-electron chi connectivity index (χ4n) is 6.71. The topological polar surface area (TPSA) is 76.2 Å². The Balaban J connectivity index is 1.76. The van der Waals surface area contributed by atoms with Gasteiger partial charge in [-0.25, -0.2) is 0 Å². The van der Waals surface area contributed by atoms with Crippen LogP contribution in [0.3, 0.4) is 0 Å². The largest absolute Gasteiger partial charge is 0.462 e. The Kier molecular flexibility index (Phi) is 10.0. The van der Waals surface area contributed by atoms with Gasteiger partial charge in [-0.15, -0.1) is 0 Å². The van der Waals surface area contributed by atoms with Crippen molar-refractivity contribution in [3.8, 4) is 5.75 Å². The number of carbonyl (C=O) groups is 3. The van der Waals surface area contributed by atoms with Crippen molar-refractivity contribution in [2.75, 3.05) is 26.7 Å². The molecule has 1 amide bonds. The van der Waals surface area contributed by atoms with Gasteiger partial charge in [0.2, 0.25) is 5.91 Å². The summed E-state index contributed by atoms with van der Waals surface area (Å²) < 4.78 is 11.5. The molecule has 2 fully saturated rings. The molecule has 7 nitrogen and oxygen atoms in total. The number of carbonyl (C=O) groups excluding carboxylic acids is 3. The quantitative estimate of drug-likeness (QED) is 0.275. The van der Waals surface area contributed by atoms with Crippen LogP contribution in [-0.2, 0) is 31.0 Å². The number of halogens is 2. The maximum Gasteiger partial charge on any atom is 0.308 e. The van der Waals surface area contributed by atoms with E-state index in [-0.39, 0.29) is 53.7 Å². The Bertz CT molecular complexity index is 1280. The smallest absolute Gasteiger partial charge is 0.308 e. The second-order valence-electron chi connectivity index (χ2n) is 12.0. The molecule has 1 saturated carbocycles. The molecule has 4 rings (SSSR count). The Morgan fingerprint density at radius 1 is 1.07 bits per heavy atom. The maximum absolute atomic E-state index is 14.0.